The van der Waals surface area contributed by atoms with Crippen LogP contribution in [0.25, 0.3) is 6.08 Å². The number of isocyanates is 1. The fourth-order valence-electron chi connectivity index (χ4n) is 1.07. The maximum absolute atomic E-state index is 10.3. The van der Waals surface area contributed by atoms with Crippen LogP contribution in [0.1, 0.15) is 12.0 Å². The van der Waals surface area contributed by atoms with Crippen LogP contribution >= 0.6 is 0 Å². The van der Waals surface area contributed by atoms with Crippen LogP contribution in [0.3, 0.4) is 0 Å². The van der Waals surface area contributed by atoms with Crippen molar-refractivity contribution in [2.45, 2.75) is 6.42 Å². The highest BCUT2D eigenvalue weighted by Gasteiger charge is 1.96. The number of benzene rings is 1. The molecule has 0 aliphatic rings. The Balaban J connectivity index is 2.88. The SMILES string of the molecule is O=C=Nc1ccccc1C=CCC(=O)O. The zero-order chi connectivity index (χ0) is 11.1. The fourth-order valence-corrected chi connectivity index (χ4v) is 1.07. The topological polar surface area (TPSA) is 66.7 Å². The maximum atomic E-state index is 10.3. The summed E-state index contributed by atoms with van der Waals surface area (Å²) in [6.45, 7) is 0. The quantitative estimate of drug-likeness (QED) is 0.602. The van der Waals surface area contributed by atoms with Gasteiger partial charge in [0.1, 0.15) is 0 Å². The lowest BCUT2D eigenvalue weighted by molar-refractivity contribution is -0.135. The first-order valence-corrected chi connectivity index (χ1v) is 4.29. The monoisotopic (exact) mass is 203 g/mol. The average molecular weight is 203 g/mol. The number of carboxylic acid groups (broad SMARTS) is 1. The number of hydrogen-bond acceptors (Lipinski definition) is 3. The molecule has 0 bridgehead atoms. The number of rotatable bonds is 4. The van der Waals surface area contributed by atoms with Gasteiger partial charge in [0.2, 0.25) is 6.08 Å². The summed E-state index contributed by atoms with van der Waals surface area (Å²) in [5.41, 5.74) is 1.18. The van der Waals surface area contributed by atoms with E-state index in [9.17, 15) is 9.59 Å². The van der Waals surface area contributed by atoms with Crippen LogP contribution in [0.5, 0.6) is 0 Å². The van der Waals surface area contributed by atoms with Crippen LogP contribution in [0.2, 0.25) is 0 Å². The van der Waals surface area contributed by atoms with Crippen LogP contribution in [-0.2, 0) is 9.59 Å². The first-order valence-electron chi connectivity index (χ1n) is 4.29. The molecular formula is C11H9NO3. The standard InChI is InChI=1S/C11H9NO3/c13-8-12-10-6-2-1-4-9(10)5-3-7-11(14)15/h1-6H,7H2,(H,14,15). The fraction of sp³-hybridized carbons (Fsp3) is 0.0909. The molecule has 0 radical (unpaired) electrons. The van der Waals surface area contributed by atoms with Gasteiger partial charge in [-0.15, -0.1) is 0 Å². The van der Waals surface area contributed by atoms with Gasteiger partial charge in [0, 0.05) is 5.56 Å². The Morgan fingerprint density at radius 1 is 1.47 bits per heavy atom. The van der Waals surface area contributed by atoms with E-state index >= 15 is 0 Å². The normalized spacial score (nSPS) is 9.87. The van der Waals surface area contributed by atoms with Crippen molar-refractivity contribution in [1.29, 1.82) is 0 Å². The van der Waals surface area contributed by atoms with E-state index in [0.717, 1.165) is 0 Å². The Morgan fingerprint density at radius 3 is 2.87 bits per heavy atom. The van der Waals surface area contributed by atoms with Crippen LogP contribution in [0, 0.1) is 0 Å². The molecule has 0 unspecified atom stereocenters. The average Bonchev–Trinajstić information content (AvgIpc) is 2.20. The highest BCUT2D eigenvalue weighted by atomic mass is 16.4. The second-order valence-corrected chi connectivity index (χ2v) is 2.76. The van der Waals surface area contributed by atoms with E-state index in [-0.39, 0.29) is 6.42 Å². The highest BCUT2D eigenvalue weighted by molar-refractivity contribution is 5.72. The number of carbonyl (C=O) groups is 1. The zero-order valence-corrected chi connectivity index (χ0v) is 7.88. The van der Waals surface area contributed by atoms with Gasteiger partial charge in [-0.05, 0) is 6.07 Å². The summed E-state index contributed by atoms with van der Waals surface area (Å²) in [6.07, 6.45) is 4.51. The van der Waals surface area contributed by atoms with Gasteiger partial charge in [0.25, 0.3) is 0 Å². The minimum atomic E-state index is -0.900. The van der Waals surface area contributed by atoms with Gasteiger partial charge >= 0.3 is 5.97 Å². The summed E-state index contributed by atoms with van der Waals surface area (Å²) in [6, 6.07) is 6.93. The van der Waals surface area contributed by atoms with Crippen molar-refractivity contribution in [3.8, 4) is 0 Å². The molecular weight excluding hydrogens is 194 g/mol. The summed E-state index contributed by atoms with van der Waals surface area (Å²) >= 11 is 0. The third-order valence-electron chi connectivity index (χ3n) is 1.69. The number of aliphatic imine (C=N–C) groups is 1. The highest BCUT2D eigenvalue weighted by Crippen LogP contribution is 2.19. The molecule has 0 aliphatic heterocycles. The molecule has 1 aromatic carbocycles. The summed E-state index contributed by atoms with van der Waals surface area (Å²) < 4.78 is 0. The van der Waals surface area contributed by atoms with Crippen LogP contribution in [0.4, 0.5) is 5.69 Å². The Kier molecular flexibility index (Phi) is 4.01. The van der Waals surface area contributed by atoms with Gasteiger partial charge < -0.3 is 5.11 Å². The first-order chi connectivity index (χ1) is 7.24. The van der Waals surface area contributed by atoms with Gasteiger partial charge in [-0.25, -0.2) is 4.79 Å². The first kappa shape index (κ1) is 10.9. The van der Waals surface area contributed by atoms with Gasteiger partial charge in [-0.1, -0.05) is 30.4 Å². The van der Waals surface area contributed by atoms with E-state index in [0.29, 0.717) is 11.3 Å². The maximum Gasteiger partial charge on any atom is 0.307 e. The molecule has 1 aromatic rings. The summed E-state index contributed by atoms with van der Waals surface area (Å²) in [5.74, 6) is -0.900. The van der Waals surface area contributed by atoms with Gasteiger partial charge in [-0.3, -0.25) is 4.79 Å². The molecule has 0 saturated carbocycles. The van der Waals surface area contributed by atoms with Crippen molar-refractivity contribution in [1.82, 2.24) is 0 Å². The number of carbonyl (C=O) groups excluding carboxylic acids is 1. The molecule has 0 atom stereocenters. The molecule has 1 N–H and O–H groups in total. The number of carboxylic acids is 1. The van der Waals surface area contributed by atoms with Gasteiger partial charge in [0.15, 0.2) is 0 Å². The molecule has 4 nitrogen and oxygen atoms in total. The minimum Gasteiger partial charge on any atom is -0.481 e. The molecule has 4 heteroatoms. The Bertz CT molecular complexity index is 431. The zero-order valence-electron chi connectivity index (χ0n) is 7.88. The smallest absolute Gasteiger partial charge is 0.307 e. The van der Waals surface area contributed by atoms with E-state index in [1.807, 2.05) is 0 Å². The number of aliphatic carboxylic acids is 1. The molecule has 0 aliphatic carbocycles. The molecule has 0 saturated heterocycles. The Hall–Kier alpha value is -2.19. The van der Waals surface area contributed by atoms with Crippen LogP contribution in [0.15, 0.2) is 35.3 Å². The second-order valence-electron chi connectivity index (χ2n) is 2.76. The molecule has 15 heavy (non-hydrogen) atoms. The predicted molar refractivity (Wildman–Crippen MR) is 55.5 cm³/mol. The lowest BCUT2D eigenvalue weighted by Crippen LogP contribution is -1.89. The minimum absolute atomic E-state index is 0.0564. The van der Waals surface area contributed by atoms with Crippen LogP contribution in [-0.4, -0.2) is 17.2 Å². The van der Waals surface area contributed by atoms with Crippen molar-refractivity contribution < 1.29 is 14.7 Å². The van der Waals surface area contributed by atoms with E-state index in [4.69, 9.17) is 5.11 Å². The molecule has 76 valence electrons. The third-order valence-corrected chi connectivity index (χ3v) is 1.69. The van der Waals surface area contributed by atoms with Crippen molar-refractivity contribution in [2.24, 2.45) is 4.99 Å². The summed E-state index contributed by atoms with van der Waals surface area (Å²) in [4.78, 5) is 23.9. The van der Waals surface area contributed by atoms with E-state index in [1.165, 1.54) is 12.2 Å². The lowest BCUT2D eigenvalue weighted by Gasteiger charge is -1.96. The van der Waals surface area contributed by atoms with Crippen molar-refractivity contribution >= 4 is 23.8 Å². The lowest BCUT2D eigenvalue weighted by atomic mass is 10.1. The number of para-hydroxylation sites is 1. The molecule has 0 fully saturated rings. The molecule has 0 aromatic heterocycles. The number of nitrogens with zero attached hydrogens (tertiary/aromatic N) is 1. The van der Waals surface area contributed by atoms with Crippen LogP contribution < -0.4 is 0 Å². The summed E-state index contributed by atoms with van der Waals surface area (Å²) in [5, 5.41) is 8.43. The Labute approximate surface area is 86.6 Å². The van der Waals surface area contributed by atoms with E-state index in [1.54, 1.807) is 30.3 Å². The molecule has 0 heterocycles. The third kappa shape index (κ3) is 3.58. The van der Waals surface area contributed by atoms with Gasteiger partial charge in [0.05, 0.1) is 12.1 Å². The predicted octanol–water partition coefficient (Wildman–Crippen LogP) is 2.14. The van der Waals surface area contributed by atoms with Crippen molar-refractivity contribution in [2.75, 3.05) is 0 Å². The van der Waals surface area contributed by atoms with E-state index < -0.39 is 5.97 Å². The largest absolute Gasteiger partial charge is 0.481 e. The molecule has 0 spiro atoms. The van der Waals surface area contributed by atoms with Crippen molar-refractivity contribution in [3.05, 3.63) is 35.9 Å². The van der Waals surface area contributed by atoms with E-state index in [2.05, 4.69) is 4.99 Å². The molecule has 1 rings (SSSR count). The van der Waals surface area contributed by atoms with Gasteiger partial charge in [-0.2, -0.15) is 4.99 Å². The number of hydrogen-bond donors (Lipinski definition) is 1. The second kappa shape index (κ2) is 5.52. The summed E-state index contributed by atoms with van der Waals surface area (Å²) in [7, 11) is 0. The molecule has 0 amide bonds. The van der Waals surface area contributed by atoms with Crippen molar-refractivity contribution in [3.63, 3.8) is 0 Å². The Morgan fingerprint density at radius 2 is 2.20 bits per heavy atom.